The molecule has 1 fully saturated rings. The van der Waals surface area contributed by atoms with Crippen molar-refractivity contribution in [1.29, 1.82) is 0 Å². The van der Waals surface area contributed by atoms with Gasteiger partial charge in [-0.05, 0) is 59.3 Å². The van der Waals surface area contributed by atoms with E-state index in [0.717, 1.165) is 0 Å². The van der Waals surface area contributed by atoms with Gasteiger partial charge in [-0.2, -0.15) is 9.97 Å². The average molecular weight is 702 g/mol. The van der Waals surface area contributed by atoms with Gasteiger partial charge < -0.3 is 39.4 Å². The van der Waals surface area contributed by atoms with E-state index in [0.29, 0.717) is 0 Å². The molecule has 3 rings (SSSR count). The van der Waals surface area contributed by atoms with E-state index in [1.165, 1.54) is 17.8 Å². The number of rotatable bonds is 18. The van der Waals surface area contributed by atoms with E-state index < -0.39 is 62.3 Å². The van der Waals surface area contributed by atoms with Crippen molar-refractivity contribution in [1.82, 2.24) is 29.7 Å². The number of ether oxygens (including phenoxy) is 4. The SMILES string of the molecule is CCOC(=O)C(CC(C)C)NP(=O)(NC(CC(C)C)C(=O)OCC)OC[C@H]1O[C@@H](n2cnc3c(OC(C)C)nc(N)nc32)[C@](C)(O)[C@@H]1O. The molecule has 48 heavy (non-hydrogen) atoms. The molecule has 2 unspecified atom stereocenters. The van der Waals surface area contributed by atoms with Gasteiger partial charge in [0.2, 0.25) is 11.8 Å². The van der Waals surface area contributed by atoms with Gasteiger partial charge in [-0.3, -0.25) is 18.7 Å². The fourth-order valence-corrected chi connectivity index (χ4v) is 7.12. The summed E-state index contributed by atoms with van der Waals surface area (Å²) in [6.45, 7) is 15.5. The van der Waals surface area contributed by atoms with Crippen LogP contribution in [0.25, 0.3) is 11.2 Å². The third-order valence-corrected chi connectivity index (χ3v) is 9.21. The minimum atomic E-state index is -4.31. The Kier molecular flexibility index (Phi) is 13.7. The second-order valence-corrected chi connectivity index (χ2v) is 14.9. The third-order valence-electron chi connectivity index (χ3n) is 7.39. The van der Waals surface area contributed by atoms with Crippen molar-refractivity contribution in [2.24, 2.45) is 11.8 Å². The highest BCUT2D eigenvalue weighted by Gasteiger charge is 2.54. The first kappa shape index (κ1) is 39.5. The van der Waals surface area contributed by atoms with Gasteiger partial charge in [0.15, 0.2) is 17.4 Å². The number of aromatic nitrogens is 4. The topological polar surface area (TPSA) is 232 Å². The van der Waals surface area contributed by atoms with Crippen molar-refractivity contribution in [2.75, 3.05) is 25.6 Å². The number of nitrogens with one attached hydrogen (secondary N) is 2. The van der Waals surface area contributed by atoms with Gasteiger partial charge in [0.25, 0.3) is 0 Å². The van der Waals surface area contributed by atoms with Crippen molar-refractivity contribution in [3.05, 3.63) is 6.33 Å². The number of imidazole rings is 1. The normalized spacial score (nSPS) is 23.8. The van der Waals surface area contributed by atoms with Crippen LogP contribution in [-0.4, -0.2) is 97.5 Å². The summed E-state index contributed by atoms with van der Waals surface area (Å²) in [5.41, 5.74) is 4.45. The molecule has 0 amide bonds. The fraction of sp³-hybridized carbons (Fsp3) is 0.767. The van der Waals surface area contributed by atoms with Gasteiger partial charge in [-0.15, -0.1) is 0 Å². The standard InChI is InChI=1S/C30H52N7O10P/c1-10-43-26(39)19(12-16(3)4)35-48(42,36-20(13-17(5)6)27(40)44-11-2)45-14-21-23(38)30(9,41)28(47-21)37-15-32-22-24(37)33-29(31)34-25(22)46-18(7)8/h15-21,23,28,38,41H,10-14H2,1-9H3,(H2,31,33,34)(H2,35,36,42)/t19?,20?,21-,23-,28-,30-,48?/m1/s1. The number of nitrogens with two attached hydrogens (primary N) is 1. The van der Waals surface area contributed by atoms with Crippen LogP contribution < -0.4 is 20.6 Å². The molecule has 1 saturated heterocycles. The third kappa shape index (κ3) is 9.83. The smallest absolute Gasteiger partial charge is 0.342 e. The maximum atomic E-state index is 14.6. The van der Waals surface area contributed by atoms with E-state index in [1.807, 2.05) is 41.5 Å². The summed E-state index contributed by atoms with van der Waals surface area (Å²) < 4.78 is 44.2. The second-order valence-electron chi connectivity index (χ2n) is 13.0. The van der Waals surface area contributed by atoms with Crippen molar-refractivity contribution in [3.63, 3.8) is 0 Å². The molecule has 0 aromatic carbocycles. The van der Waals surface area contributed by atoms with E-state index in [4.69, 9.17) is 29.2 Å². The van der Waals surface area contributed by atoms with Crippen molar-refractivity contribution in [2.45, 2.75) is 117 Å². The number of aliphatic hydroxyl groups is 2. The highest BCUT2D eigenvalue weighted by atomic mass is 31.2. The Morgan fingerprint density at radius 2 is 1.58 bits per heavy atom. The Hall–Kier alpha value is -2.92. The molecule has 0 saturated carbocycles. The van der Waals surface area contributed by atoms with E-state index in [-0.39, 0.29) is 67.0 Å². The first-order chi connectivity index (χ1) is 22.4. The van der Waals surface area contributed by atoms with Gasteiger partial charge >= 0.3 is 19.6 Å². The van der Waals surface area contributed by atoms with Crippen molar-refractivity contribution in [3.8, 4) is 5.88 Å². The summed E-state index contributed by atoms with van der Waals surface area (Å²) in [6, 6.07) is -2.14. The second kappa shape index (κ2) is 16.7. The summed E-state index contributed by atoms with van der Waals surface area (Å²) in [5.74, 6) is -1.29. The number of nitrogen functional groups attached to an aromatic ring is 1. The minimum absolute atomic E-state index is 0.0120. The molecule has 6 N–H and O–H groups in total. The average Bonchev–Trinajstić information content (AvgIpc) is 3.48. The van der Waals surface area contributed by atoms with Crippen LogP contribution >= 0.6 is 7.67 Å². The maximum Gasteiger partial charge on any atom is 0.342 e. The molecule has 3 heterocycles. The molecule has 0 spiro atoms. The van der Waals surface area contributed by atoms with E-state index >= 15 is 0 Å². The predicted octanol–water partition coefficient (Wildman–Crippen LogP) is 2.46. The van der Waals surface area contributed by atoms with Crippen LogP contribution in [0.15, 0.2) is 6.33 Å². The Morgan fingerprint density at radius 3 is 2.06 bits per heavy atom. The highest BCUT2D eigenvalue weighted by Crippen LogP contribution is 2.45. The van der Waals surface area contributed by atoms with Crippen LogP contribution in [-0.2, 0) is 32.9 Å². The molecular formula is C30H52N7O10P. The van der Waals surface area contributed by atoms with E-state index in [1.54, 1.807) is 13.8 Å². The lowest BCUT2D eigenvalue weighted by Gasteiger charge is -2.30. The summed E-state index contributed by atoms with van der Waals surface area (Å²) in [7, 11) is -4.31. The minimum Gasteiger partial charge on any atom is -0.473 e. The zero-order valence-corrected chi connectivity index (χ0v) is 30.1. The Balaban J connectivity index is 1.95. The van der Waals surface area contributed by atoms with Crippen LogP contribution in [0.5, 0.6) is 5.88 Å². The number of anilines is 1. The van der Waals surface area contributed by atoms with Crippen molar-refractivity contribution < 1.29 is 47.8 Å². The largest absolute Gasteiger partial charge is 0.473 e. The Morgan fingerprint density at radius 1 is 1.04 bits per heavy atom. The molecule has 18 heteroatoms. The summed E-state index contributed by atoms with van der Waals surface area (Å²) in [6.07, 6.45) is -2.48. The number of nitrogens with zero attached hydrogens (tertiary/aromatic N) is 4. The number of carbonyl (C=O) groups is 2. The fourth-order valence-electron chi connectivity index (χ4n) is 5.29. The van der Waals surface area contributed by atoms with Crippen LogP contribution in [0.4, 0.5) is 5.95 Å². The summed E-state index contributed by atoms with van der Waals surface area (Å²) in [5, 5.41) is 28.3. The lowest BCUT2D eigenvalue weighted by Crippen LogP contribution is -2.47. The number of aliphatic hydroxyl groups excluding tert-OH is 1. The molecule has 1 aliphatic heterocycles. The summed E-state index contributed by atoms with van der Waals surface area (Å²) >= 11 is 0. The monoisotopic (exact) mass is 701 g/mol. The first-order valence-corrected chi connectivity index (χ1v) is 17.9. The first-order valence-electron chi connectivity index (χ1n) is 16.3. The number of fused-ring (bicyclic) bond motifs is 1. The molecule has 6 atom stereocenters. The van der Waals surface area contributed by atoms with Crippen LogP contribution in [0, 0.1) is 11.8 Å². The van der Waals surface area contributed by atoms with Crippen molar-refractivity contribution >= 4 is 36.7 Å². The maximum absolute atomic E-state index is 14.6. The molecule has 0 radical (unpaired) electrons. The van der Waals surface area contributed by atoms with Crippen LogP contribution in [0.1, 0.15) is 81.4 Å². The van der Waals surface area contributed by atoms with Gasteiger partial charge in [0.1, 0.15) is 29.9 Å². The number of esters is 2. The number of hydrogen-bond donors (Lipinski definition) is 5. The number of carbonyl (C=O) groups excluding carboxylic acids is 2. The van der Waals surface area contributed by atoms with Gasteiger partial charge in [0, 0.05) is 0 Å². The Labute approximate surface area is 281 Å². The zero-order chi connectivity index (χ0) is 36.0. The Bertz CT molecular complexity index is 1400. The number of hydrogen-bond acceptors (Lipinski definition) is 14. The van der Waals surface area contributed by atoms with E-state index in [9.17, 15) is 24.4 Å². The van der Waals surface area contributed by atoms with E-state index in [2.05, 4.69) is 25.1 Å². The molecule has 1 aliphatic rings. The molecule has 17 nitrogen and oxygen atoms in total. The lowest BCUT2D eigenvalue weighted by atomic mass is 9.96. The van der Waals surface area contributed by atoms with Gasteiger partial charge in [-0.25, -0.2) is 15.2 Å². The van der Waals surface area contributed by atoms with Gasteiger partial charge in [-0.1, -0.05) is 27.7 Å². The van der Waals surface area contributed by atoms with Gasteiger partial charge in [0.05, 0.1) is 32.3 Å². The van der Waals surface area contributed by atoms with Crippen LogP contribution in [0.3, 0.4) is 0 Å². The molecule has 0 aliphatic carbocycles. The molecule has 2 aromatic heterocycles. The quantitative estimate of drug-likeness (QED) is 0.111. The predicted molar refractivity (Wildman–Crippen MR) is 176 cm³/mol. The highest BCUT2D eigenvalue weighted by molar-refractivity contribution is 7.54. The lowest BCUT2D eigenvalue weighted by molar-refractivity contribution is -0.146. The molecule has 2 aromatic rings. The molecule has 272 valence electrons. The summed E-state index contributed by atoms with van der Waals surface area (Å²) in [4.78, 5) is 38.6. The molecule has 0 bridgehead atoms. The zero-order valence-electron chi connectivity index (χ0n) is 29.2. The molecular weight excluding hydrogens is 649 g/mol. The van der Waals surface area contributed by atoms with Crippen LogP contribution in [0.2, 0.25) is 0 Å².